The van der Waals surface area contributed by atoms with Gasteiger partial charge in [-0.1, -0.05) is 12.1 Å². The van der Waals surface area contributed by atoms with Gasteiger partial charge in [-0.2, -0.15) is 0 Å². The molecule has 4 amide bonds. The molecule has 184 valence electrons. The van der Waals surface area contributed by atoms with Gasteiger partial charge in [-0.05, 0) is 80.9 Å². The molecule has 8 heteroatoms. The van der Waals surface area contributed by atoms with Crippen LogP contribution in [0, 0.1) is 23.6 Å². The fourth-order valence-electron chi connectivity index (χ4n) is 7.17. The minimum atomic E-state index is -0.448. The van der Waals surface area contributed by atoms with Crippen molar-refractivity contribution in [1.82, 2.24) is 20.4 Å². The van der Waals surface area contributed by atoms with Gasteiger partial charge in [0.05, 0.1) is 12.5 Å². The summed E-state index contributed by atoms with van der Waals surface area (Å²) >= 11 is 0. The van der Waals surface area contributed by atoms with Crippen LogP contribution in [-0.2, 0) is 16.0 Å². The maximum atomic E-state index is 13.1. The fourth-order valence-corrected chi connectivity index (χ4v) is 7.17. The number of hydrogen-bond donors (Lipinski definition) is 2. The number of piperazine rings is 1. The molecule has 5 aliphatic rings. The molecule has 6 rings (SSSR count). The van der Waals surface area contributed by atoms with E-state index in [1.54, 1.807) is 17.0 Å². The number of rotatable bonds is 5. The lowest BCUT2D eigenvalue weighted by molar-refractivity contribution is -0.133. The fraction of sp³-hybridized carbons (Fsp3) is 0.654. The second kappa shape index (κ2) is 9.29. The molecule has 2 N–H and O–H groups in total. The Labute approximate surface area is 200 Å². The zero-order valence-electron chi connectivity index (χ0n) is 19.9. The van der Waals surface area contributed by atoms with E-state index in [0.29, 0.717) is 26.2 Å². The van der Waals surface area contributed by atoms with Crippen molar-refractivity contribution in [2.75, 3.05) is 26.2 Å². The van der Waals surface area contributed by atoms with E-state index in [4.69, 9.17) is 0 Å². The molecule has 1 atom stereocenters. The van der Waals surface area contributed by atoms with Crippen LogP contribution in [-0.4, -0.2) is 65.4 Å². The Balaban J connectivity index is 1.08. The van der Waals surface area contributed by atoms with E-state index < -0.39 is 6.04 Å². The average Bonchev–Trinajstić information content (AvgIpc) is 2.78. The lowest BCUT2D eigenvalue weighted by Gasteiger charge is -2.56. The van der Waals surface area contributed by atoms with Crippen molar-refractivity contribution >= 4 is 17.8 Å². The lowest BCUT2D eigenvalue weighted by atomic mass is 9.53. The van der Waals surface area contributed by atoms with Gasteiger partial charge in [-0.3, -0.25) is 19.8 Å². The highest BCUT2D eigenvalue weighted by atomic mass is 19.1. The van der Waals surface area contributed by atoms with E-state index in [-0.39, 0.29) is 35.6 Å². The number of urea groups is 1. The standard InChI is InChI=1S/C26H35FN4O3/c1-17(30-6-8-31(9-7-30)23(32)13-18-2-4-22(27)5-3-18)24(33)28-25(34)29-26-14-19-10-20(15-26)12-21(11-19)16-26/h2-5,17,19-21H,6-16H2,1H3,(H2,28,29,33,34). The predicted octanol–water partition coefficient (Wildman–Crippen LogP) is 2.70. The van der Waals surface area contributed by atoms with Gasteiger partial charge >= 0.3 is 6.03 Å². The van der Waals surface area contributed by atoms with Gasteiger partial charge in [-0.15, -0.1) is 0 Å². The molecule has 5 fully saturated rings. The third-order valence-corrected chi connectivity index (χ3v) is 8.52. The van der Waals surface area contributed by atoms with Crippen molar-refractivity contribution in [1.29, 1.82) is 0 Å². The second-order valence-electron chi connectivity index (χ2n) is 11.0. The van der Waals surface area contributed by atoms with Crippen molar-refractivity contribution in [2.24, 2.45) is 17.8 Å². The van der Waals surface area contributed by atoms with Crippen LogP contribution in [0.5, 0.6) is 0 Å². The van der Waals surface area contributed by atoms with Crippen molar-refractivity contribution in [3.05, 3.63) is 35.6 Å². The van der Waals surface area contributed by atoms with Crippen molar-refractivity contribution < 1.29 is 18.8 Å². The smallest absolute Gasteiger partial charge is 0.321 e. The topological polar surface area (TPSA) is 81.8 Å². The zero-order valence-corrected chi connectivity index (χ0v) is 19.9. The molecular formula is C26H35FN4O3. The molecule has 0 aromatic heterocycles. The minimum Gasteiger partial charge on any atom is -0.340 e. The second-order valence-corrected chi connectivity index (χ2v) is 11.0. The highest BCUT2D eigenvalue weighted by Crippen LogP contribution is 2.55. The Bertz CT molecular complexity index is 907. The first kappa shape index (κ1) is 23.3. The number of nitrogens with zero attached hydrogens (tertiary/aromatic N) is 2. The Morgan fingerprint density at radius 1 is 0.971 bits per heavy atom. The number of imide groups is 1. The molecule has 1 aliphatic heterocycles. The summed E-state index contributed by atoms with van der Waals surface area (Å²) in [6.07, 6.45) is 7.28. The molecule has 4 aliphatic carbocycles. The minimum absolute atomic E-state index is 0.00156. The molecule has 7 nitrogen and oxygen atoms in total. The highest BCUT2D eigenvalue weighted by molar-refractivity contribution is 5.97. The Morgan fingerprint density at radius 2 is 1.53 bits per heavy atom. The summed E-state index contributed by atoms with van der Waals surface area (Å²) < 4.78 is 13.1. The van der Waals surface area contributed by atoms with Gasteiger partial charge < -0.3 is 10.2 Å². The summed E-state index contributed by atoms with van der Waals surface area (Å²) in [7, 11) is 0. The summed E-state index contributed by atoms with van der Waals surface area (Å²) in [5, 5.41) is 5.78. The van der Waals surface area contributed by atoms with Gasteiger partial charge in [0, 0.05) is 31.7 Å². The van der Waals surface area contributed by atoms with Crippen LogP contribution in [0.1, 0.15) is 51.0 Å². The number of halogens is 1. The van der Waals surface area contributed by atoms with Crippen LogP contribution < -0.4 is 10.6 Å². The molecule has 1 saturated heterocycles. The number of hydrogen-bond acceptors (Lipinski definition) is 4. The van der Waals surface area contributed by atoms with E-state index in [0.717, 1.165) is 42.6 Å². The van der Waals surface area contributed by atoms with Gasteiger partial charge in [0.25, 0.3) is 0 Å². The van der Waals surface area contributed by atoms with Crippen LogP contribution in [0.2, 0.25) is 0 Å². The summed E-state index contributed by atoms with van der Waals surface area (Å²) in [6.45, 7) is 4.00. The Kier molecular flexibility index (Phi) is 6.35. The first-order chi connectivity index (χ1) is 16.3. The van der Waals surface area contributed by atoms with E-state index in [2.05, 4.69) is 10.6 Å². The van der Waals surface area contributed by atoms with Crippen molar-refractivity contribution in [3.8, 4) is 0 Å². The van der Waals surface area contributed by atoms with E-state index >= 15 is 0 Å². The molecule has 34 heavy (non-hydrogen) atoms. The quantitative estimate of drug-likeness (QED) is 0.693. The van der Waals surface area contributed by atoms with Crippen molar-refractivity contribution in [3.63, 3.8) is 0 Å². The zero-order chi connectivity index (χ0) is 23.9. The van der Waals surface area contributed by atoms with Crippen LogP contribution in [0.3, 0.4) is 0 Å². The normalized spacial score (nSPS) is 31.2. The monoisotopic (exact) mass is 470 g/mol. The highest BCUT2D eigenvalue weighted by Gasteiger charge is 2.51. The number of amides is 4. The number of nitrogens with one attached hydrogen (secondary N) is 2. The Hall–Kier alpha value is -2.48. The molecule has 4 saturated carbocycles. The summed E-state index contributed by atoms with van der Waals surface area (Å²) in [5.74, 6) is 1.56. The van der Waals surface area contributed by atoms with Crippen LogP contribution in [0.25, 0.3) is 0 Å². The van der Waals surface area contributed by atoms with Crippen LogP contribution >= 0.6 is 0 Å². The summed E-state index contributed by atoms with van der Waals surface area (Å²) in [4.78, 5) is 41.9. The summed E-state index contributed by atoms with van der Waals surface area (Å²) in [5.41, 5.74) is 0.658. The van der Waals surface area contributed by atoms with E-state index in [1.165, 1.54) is 31.4 Å². The number of benzene rings is 1. The summed E-state index contributed by atoms with van der Waals surface area (Å²) in [6, 6.07) is 5.16. The molecule has 1 aromatic carbocycles. The molecule has 1 heterocycles. The maximum absolute atomic E-state index is 13.1. The van der Waals surface area contributed by atoms with Crippen LogP contribution in [0.15, 0.2) is 24.3 Å². The predicted molar refractivity (Wildman–Crippen MR) is 125 cm³/mol. The van der Waals surface area contributed by atoms with E-state index in [1.807, 2.05) is 11.8 Å². The number of carbonyl (C=O) groups is 3. The number of carbonyl (C=O) groups excluding carboxylic acids is 3. The Morgan fingerprint density at radius 3 is 2.09 bits per heavy atom. The molecule has 4 bridgehead atoms. The molecule has 1 aromatic rings. The molecule has 0 radical (unpaired) electrons. The van der Waals surface area contributed by atoms with Crippen molar-refractivity contribution in [2.45, 2.75) is 63.5 Å². The first-order valence-corrected chi connectivity index (χ1v) is 12.7. The maximum Gasteiger partial charge on any atom is 0.321 e. The van der Waals surface area contributed by atoms with Gasteiger partial charge in [0.15, 0.2) is 0 Å². The first-order valence-electron chi connectivity index (χ1n) is 12.7. The third-order valence-electron chi connectivity index (χ3n) is 8.52. The third kappa shape index (κ3) is 4.97. The van der Waals surface area contributed by atoms with Gasteiger partial charge in [0.1, 0.15) is 5.82 Å². The van der Waals surface area contributed by atoms with Crippen LogP contribution in [0.4, 0.5) is 9.18 Å². The average molecular weight is 471 g/mol. The molecule has 0 spiro atoms. The van der Waals surface area contributed by atoms with Gasteiger partial charge in [0.2, 0.25) is 11.8 Å². The molecular weight excluding hydrogens is 435 g/mol. The molecule has 1 unspecified atom stereocenters. The van der Waals surface area contributed by atoms with E-state index in [9.17, 15) is 18.8 Å². The largest absolute Gasteiger partial charge is 0.340 e. The SMILES string of the molecule is CC(C(=O)NC(=O)NC12CC3CC(CC(C3)C1)C2)N1CCN(C(=O)Cc2ccc(F)cc2)CC1. The van der Waals surface area contributed by atoms with Gasteiger partial charge in [-0.25, -0.2) is 9.18 Å². The lowest BCUT2D eigenvalue weighted by Crippen LogP contribution is -2.63.